The van der Waals surface area contributed by atoms with Crippen molar-refractivity contribution in [3.05, 3.63) is 71.4 Å². The Morgan fingerprint density at radius 1 is 0.806 bits per heavy atom. The van der Waals surface area contributed by atoms with Gasteiger partial charge in [0.1, 0.15) is 6.33 Å². The van der Waals surface area contributed by atoms with Gasteiger partial charge in [0.05, 0.1) is 16.8 Å². The highest BCUT2D eigenvalue weighted by Gasteiger charge is 2.33. The van der Waals surface area contributed by atoms with Gasteiger partial charge in [0, 0.05) is 15.6 Å². The van der Waals surface area contributed by atoms with Gasteiger partial charge in [-0.1, -0.05) is 32.9 Å². The molecule has 0 spiro atoms. The third-order valence-corrected chi connectivity index (χ3v) is 6.46. The molecule has 0 unspecified atom stereocenters. The van der Waals surface area contributed by atoms with Crippen LogP contribution in [0.25, 0.3) is 43.0 Å². The van der Waals surface area contributed by atoms with E-state index < -0.39 is 11.7 Å². The van der Waals surface area contributed by atoms with Crippen LogP contribution >= 0.6 is 11.3 Å². The maximum Gasteiger partial charge on any atom is 0.418 e. The van der Waals surface area contributed by atoms with Crippen LogP contribution in [0.1, 0.15) is 31.9 Å². The number of hydrogen-bond donors (Lipinski definition) is 0. The molecule has 0 N–H and O–H groups in total. The fourth-order valence-electron chi connectivity index (χ4n) is 4.12. The normalized spacial score (nSPS) is 12.8. The third-order valence-electron chi connectivity index (χ3n) is 5.58. The molecule has 0 saturated heterocycles. The summed E-state index contributed by atoms with van der Waals surface area (Å²) in [6, 6.07) is 14.7. The van der Waals surface area contributed by atoms with E-state index in [1.807, 2.05) is 6.07 Å². The molecule has 0 fully saturated rings. The Morgan fingerprint density at radius 2 is 1.61 bits per heavy atom. The summed E-state index contributed by atoms with van der Waals surface area (Å²) in [4.78, 5) is 8.38. The molecule has 5 aromatic rings. The predicted molar refractivity (Wildman–Crippen MR) is 122 cm³/mol. The Hall–Kier alpha value is -2.99. The van der Waals surface area contributed by atoms with Crippen LogP contribution in [0, 0.1) is 0 Å². The first-order valence-corrected chi connectivity index (χ1v) is 10.8. The quantitative estimate of drug-likeness (QED) is 0.266. The topological polar surface area (TPSA) is 25.8 Å². The van der Waals surface area contributed by atoms with Crippen LogP contribution in [-0.4, -0.2) is 9.97 Å². The molecule has 0 saturated carbocycles. The molecule has 6 heteroatoms. The van der Waals surface area contributed by atoms with Crippen LogP contribution in [0.4, 0.5) is 13.2 Å². The first-order valence-electron chi connectivity index (χ1n) is 9.90. The Balaban J connectivity index is 1.85. The number of benzene rings is 3. The van der Waals surface area contributed by atoms with E-state index in [1.54, 1.807) is 17.4 Å². The lowest BCUT2D eigenvalue weighted by Gasteiger charge is -2.23. The van der Waals surface area contributed by atoms with Gasteiger partial charge in [-0.05, 0) is 68.9 Å². The van der Waals surface area contributed by atoms with Gasteiger partial charge in [-0.3, -0.25) is 0 Å². The average molecular weight is 437 g/mol. The Labute approximate surface area is 181 Å². The molecule has 2 aromatic heterocycles. The Kier molecular flexibility index (Phi) is 4.35. The van der Waals surface area contributed by atoms with Crippen LogP contribution in [-0.2, 0) is 11.6 Å². The second kappa shape index (κ2) is 6.76. The number of alkyl halides is 3. The summed E-state index contributed by atoms with van der Waals surface area (Å²) in [5, 5.41) is 5.86. The maximum absolute atomic E-state index is 13.5. The molecule has 5 rings (SSSR count). The third kappa shape index (κ3) is 3.35. The molecular weight excluding hydrogens is 417 g/mol. The van der Waals surface area contributed by atoms with Crippen LogP contribution < -0.4 is 0 Å². The summed E-state index contributed by atoms with van der Waals surface area (Å²) in [5.41, 5.74) is 1.45. The van der Waals surface area contributed by atoms with E-state index >= 15 is 0 Å². The van der Waals surface area contributed by atoms with Gasteiger partial charge in [-0.2, -0.15) is 13.2 Å². The molecule has 0 amide bonds. The van der Waals surface area contributed by atoms with Gasteiger partial charge in [0.2, 0.25) is 0 Å². The molecule has 0 radical (unpaired) electrons. The lowest BCUT2D eigenvalue weighted by Crippen LogP contribution is -2.12. The second-order valence-corrected chi connectivity index (χ2v) is 9.68. The Bertz CT molecular complexity index is 1460. The molecule has 31 heavy (non-hydrogen) atoms. The van der Waals surface area contributed by atoms with Crippen molar-refractivity contribution in [2.45, 2.75) is 32.4 Å². The van der Waals surface area contributed by atoms with Gasteiger partial charge in [-0.25, -0.2) is 9.97 Å². The molecule has 156 valence electrons. The number of aromatic nitrogens is 2. The summed E-state index contributed by atoms with van der Waals surface area (Å²) < 4.78 is 41.8. The first-order chi connectivity index (χ1) is 14.6. The molecule has 0 aliphatic carbocycles. The van der Waals surface area contributed by atoms with Crippen molar-refractivity contribution in [2.75, 3.05) is 0 Å². The van der Waals surface area contributed by atoms with E-state index in [2.05, 4.69) is 60.4 Å². The number of thiophene rings is 1. The predicted octanol–water partition coefficient (Wildman–Crippen LogP) is 7.98. The highest BCUT2D eigenvalue weighted by molar-refractivity contribution is 7.17. The summed E-state index contributed by atoms with van der Waals surface area (Å²) in [6.45, 7) is 6.43. The first kappa shape index (κ1) is 19.9. The van der Waals surface area contributed by atoms with Gasteiger partial charge >= 0.3 is 6.18 Å². The zero-order valence-electron chi connectivity index (χ0n) is 17.2. The van der Waals surface area contributed by atoms with E-state index in [9.17, 15) is 13.2 Å². The van der Waals surface area contributed by atoms with E-state index in [0.717, 1.165) is 28.0 Å². The molecule has 3 aromatic carbocycles. The van der Waals surface area contributed by atoms with Gasteiger partial charge in [0.15, 0.2) is 0 Å². The number of halogens is 3. The molecular formula is C25H19F3N2S. The largest absolute Gasteiger partial charge is 0.418 e. The van der Waals surface area contributed by atoms with Gasteiger partial charge < -0.3 is 0 Å². The SMILES string of the molecule is CC(C)(C)c1cc(-c2ncnc3c(C(F)(F)F)cccc23)cc2cc3sccc3cc12. The second-order valence-electron chi connectivity index (χ2n) is 8.73. The monoisotopic (exact) mass is 436 g/mol. The smallest absolute Gasteiger partial charge is 0.236 e. The van der Waals surface area contributed by atoms with Crippen LogP contribution in [0.5, 0.6) is 0 Å². The van der Waals surface area contributed by atoms with E-state index in [-0.39, 0.29) is 10.9 Å². The molecule has 0 aliphatic rings. The highest BCUT2D eigenvalue weighted by Crippen LogP contribution is 2.40. The lowest BCUT2D eigenvalue weighted by atomic mass is 9.82. The highest BCUT2D eigenvalue weighted by atomic mass is 32.1. The van der Waals surface area contributed by atoms with Crippen molar-refractivity contribution < 1.29 is 13.2 Å². The van der Waals surface area contributed by atoms with E-state index in [0.29, 0.717) is 11.1 Å². The van der Waals surface area contributed by atoms with Crippen molar-refractivity contribution in [1.29, 1.82) is 0 Å². The van der Waals surface area contributed by atoms with Crippen LogP contribution in [0.2, 0.25) is 0 Å². The summed E-state index contributed by atoms with van der Waals surface area (Å²) in [7, 11) is 0. The van der Waals surface area contributed by atoms with Crippen LogP contribution in [0.3, 0.4) is 0 Å². The van der Waals surface area contributed by atoms with Crippen molar-refractivity contribution >= 4 is 43.1 Å². The fourth-order valence-corrected chi connectivity index (χ4v) is 4.94. The molecule has 2 nitrogen and oxygen atoms in total. The van der Waals surface area contributed by atoms with Crippen molar-refractivity contribution in [3.63, 3.8) is 0 Å². The van der Waals surface area contributed by atoms with Crippen molar-refractivity contribution in [2.24, 2.45) is 0 Å². The van der Waals surface area contributed by atoms with E-state index in [4.69, 9.17) is 0 Å². The average Bonchev–Trinajstić information content (AvgIpc) is 3.16. The van der Waals surface area contributed by atoms with Gasteiger partial charge in [0.25, 0.3) is 0 Å². The Morgan fingerprint density at radius 3 is 2.35 bits per heavy atom. The minimum absolute atomic E-state index is 0.0777. The van der Waals surface area contributed by atoms with Crippen molar-refractivity contribution in [1.82, 2.24) is 9.97 Å². The van der Waals surface area contributed by atoms with Crippen molar-refractivity contribution in [3.8, 4) is 11.3 Å². The summed E-state index contributed by atoms with van der Waals surface area (Å²) in [5.74, 6) is 0. The number of hydrogen-bond acceptors (Lipinski definition) is 3. The summed E-state index contributed by atoms with van der Waals surface area (Å²) >= 11 is 1.67. The standard InChI is InChI=1S/C25H19F3N2S/c1-24(2,3)20-11-16(9-15-12-21-14(7-8-31-21)10-18(15)20)22-17-5-4-6-19(25(26,27)28)23(17)30-13-29-22/h4-13H,1-3H3. The molecule has 2 heterocycles. The zero-order valence-corrected chi connectivity index (χ0v) is 18.0. The zero-order chi connectivity index (χ0) is 22.0. The lowest BCUT2D eigenvalue weighted by molar-refractivity contribution is -0.136. The minimum Gasteiger partial charge on any atom is -0.236 e. The number of para-hydroxylation sites is 1. The van der Waals surface area contributed by atoms with E-state index in [1.165, 1.54) is 22.5 Å². The maximum atomic E-state index is 13.5. The molecule has 0 bridgehead atoms. The number of rotatable bonds is 1. The fraction of sp³-hybridized carbons (Fsp3) is 0.200. The molecule has 0 aliphatic heterocycles. The van der Waals surface area contributed by atoms with Gasteiger partial charge in [-0.15, -0.1) is 11.3 Å². The summed E-state index contributed by atoms with van der Waals surface area (Å²) in [6.07, 6.45) is -3.26. The van der Waals surface area contributed by atoms with Crippen LogP contribution in [0.15, 0.2) is 60.2 Å². The number of nitrogens with zero attached hydrogens (tertiary/aromatic N) is 2. The minimum atomic E-state index is -4.48. The number of fused-ring (bicyclic) bond motifs is 3. The molecule has 0 atom stereocenters.